The van der Waals surface area contributed by atoms with Crippen LogP contribution in [0, 0.1) is 12.7 Å². The molecule has 0 aromatic heterocycles. The molecule has 0 fully saturated rings. The first-order valence-corrected chi connectivity index (χ1v) is 5.64. The lowest BCUT2D eigenvalue weighted by atomic mass is 10.1. The van der Waals surface area contributed by atoms with Crippen LogP contribution in [0.1, 0.15) is 21.5 Å². The van der Waals surface area contributed by atoms with E-state index < -0.39 is 11.8 Å². The lowest BCUT2D eigenvalue weighted by molar-refractivity contribution is 0.0467. The number of carbonyl (C=O) groups is 1. The summed E-state index contributed by atoms with van der Waals surface area (Å²) in [6, 6.07) is 14.0. The van der Waals surface area contributed by atoms with Gasteiger partial charge in [-0.25, -0.2) is 9.18 Å². The predicted molar refractivity (Wildman–Crippen MR) is 66.7 cm³/mol. The van der Waals surface area contributed by atoms with Crippen LogP contribution < -0.4 is 0 Å². The molecule has 0 amide bonds. The maximum atomic E-state index is 13.7. The van der Waals surface area contributed by atoms with Crippen molar-refractivity contribution in [2.24, 2.45) is 0 Å². The van der Waals surface area contributed by atoms with Crippen LogP contribution in [0.25, 0.3) is 0 Å². The number of aryl methyl sites for hydroxylation is 1. The highest BCUT2D eigenvalue weighted by Gasteiger charge is 2.14. The molecule has 0 atom stereocenters. The van der Waals surface area contributed by atoms with Crippen LogP contribution in [-0.4, -0.2) is 5.97 Å². The van der Waals surface area contributed by atoms with Crippen LogP contribution in [0.5, 0.6) is 0 Å². The van der Waals surface area contributed by atoms with Gasteiger partial charge in [-0.3, -0.25) is 0 Å². The van der Waals surface area contributed by atoms with E-state index in [1.165, 1.54) is 6.07 Å². The Morgan fingerprint density at radius 1 is 1.11 bits per heavy atom. The Kier molecular flexibility index (Phi) is 3.72. The quantitative estimate of drug-likeness (QED) is 0.772. The molecule has 3 heteroatoms. The molecular formula is C15H13FO2. The average molecular weight is 244 g/mol. The van der Waals surface area contributed by atoms with Crippen LogP contribution in [-0.2, 0) is 11.3 Å². The zero-order chi connectivity index (χ0) is 13.0. The Bertz CT molecular complexity index is 550. The molecule has 2 nitrogen and oxygen atoms in total. The fourth-order valence-corrected chi connectivity index (χ4v) is 1.61. The summed E-state index contributed by atoms with van der Waals surface area (Å²) in [7, 11) is 0. The smallest absolute Gasteiger partial charge is 0.341 e. The van der Waals surface area contributed by atoms with Gasteiger partial charge in [-0.05, 0) is 24.1 Å². The molecule has 0 unspecified atom stereocenters. The number of esters is 1. The van der Waals surface area contributed by atoms with Gasteiger partial charge in [0.25, 0.3) is 0 Å². The van der Waals surface area contributed by atoms with Crippen LogP contribution in [0.15, 0.2) is 48.5 Å². The topological polar surface area (TPSA) is 26.3 Å². The number of hydrogen-bond donors (Lipinski definition) is 0. The normalized spacial score (nSPS) is 10.1. The van der Waals surface area contributed by atoms with E-state index in [1.807, 2.05) is 30.3 Å². The predicted octanol–water partition coefficient (Wildman–Crippen LogP) is 3.49. The maximum Gasteiger partial charge on any atom is 0.341 e. The van der Waals surface area contributed by atoms with E-state index in [2.05, 4.69) is 0 Å². The molecule has 0 aliphatic rings. The van der Waals surface area contributed by atoms with E-state index in [-0.39, 0.29) is 12.2 Å². The number of halogens is 1. The standard InChI is InChI=1S/C15H13FO2/c1-11-6-5-9-13(14(11)16)15(17)18-10-12-7-3-2-4-8-12/h2-9H,10H2,1H3. The average Bonchev–Trinajstić information content (AvgIpc) is 2.40. The molecule has 2 aromatic rings. The van der Waals surface area contributed by atoms with E-state index in [0.29, 0.717) is 5.56 Å². The molecule has 0 saturated carbocycles. The molecule has 0 spiro atoms. The molecule has 0 aliphatic carbocycles. The minimum Gasteiger partial charge on any atom is -0.457 e. The van der Waals surface area contributed by atoms with Crippen molar-refractivity contribution in [2.75, 3.05) is 0 Å². The van der Waals surface area contributed by atoms with Gasteiger partial charge in [0.1, 0.15) is 12.4 Å². The van der Waals surface area contributed by atoms with Gasteiger partial charge < -0.3 is 4.74 Å². The molecule has 0 aliphatic heterocycles. The second kappa shape index (κ2) is 5.45. The van der Waals surface area contributed by atoms with Crippen molar-refractivity contribution in [3.05, 3.63) is 71.0 Å². The minimum absolute atomic E-state index is 0.0223. The zero-order valence-electron chi connectivity index (χ0n) is 10.0. The summed E-state index contributed by atoms with van der Waals surface area (Å²) < 4.78 is 18.7. The van der Waals surface area contributed by atoms with Crippen molar-refractivity contribution in [1.82, 2.24) is 0 Å². The SMILES string of the molecule is Cc1cccc(C(=O)OCc2ccccc2)c1F. The maximum absolute atomic E-state index is 13.7. The Morgan fingerprint density at radius 2 is 1.83 bits per heavy atom. The summed E-state index contributed by atoms with van der Waals surface area (Å²) in [5.74, 6) is -1.16. The third kappa shape index (κ3) is 2.74. The number of hydrogen-bond acceptors (Lipinski definition) is 2. The lowest BCUT2D eigenvalue weighted by Gasteiger charge is -2.06. The van der Waals surface area contributed by atoms with Crippen LogP contribution in [0.2, 0.25) is 0 Å². The van der Waals surface area contributed by atoms with Gasteiger partial charge in [0.15, 0.2) is 0 Å². The molecular weight excluding hydrogens is 231 g/mol. The first-order valence-electron chi connectivity index (χ1n) is 5.64. The Labute approximate surface area is 105 Å². The van der Waals surface area contributed by atoms with Gasteiger partial charge in [-0.2, -0.15) is 0 Å². The van der Waals surface area contributed by atoms with Gasteiger partial charge in [0, 0.05) is 0 Å². The summed E-state index contributed by atoms with van der Waals surface area (Å²) in [4.78, 5) is 11.7. The fraction of sp³-hybridized carbons (Fsp3) is 0.133. The van der Waals surface area contributed by atoms with Gasteiger partial charge in [0.05, 0.1) is 5.56 Å². The highest BCUT2D eigenvalue weighted by atomic mass is 19.1. The molecule has 0 radical (unpaired) electrons. The van der Waals surface area contributed by atoms with Crippen molar-refractivity contribution < 1.29 is 13.9 Å². The number of benzene rings is 2. The fourth-order valence-electron chi connectivity index (χ4n) is 1.61. The van der Waals surface area contributed by atoms with Gasteiger partial charge in [-0.15, -0.1) is 0 Å². The third-order valence-electron chi connectivity index (χ3n) is 2.62. The number of rotatable bonds is 3. The largest absolute Gasteiger partial charge is 0.457 e. The van der Waals surface area contributed by atoms with Crippen LogP contribution >= 0.6 is 0 Å². The third-order valence-corrected chi connectivity index (χ3v) is 2.62. The second-order valence-corrected chi connectivity index (χ2v) is 4.00. The summed E-state index contributed by atoms with van der Waals surface area (Å²) in [6.07, 6.45) is 0. The molecule has 92 valence electrons. The highest BCUT2D eigenvalue weighted by molar-refractivity contribution is 5.89. The van der Waals surface area contributed by atoms with Crippen LogP contribution in [0.3, 0.4) is 0 Å². The Balaban J connectivity index is 2.07. The molecule has 0 bridgehead atoms. The summed E-state index contributed by atoms with van der Waals surface area (Å²) in [6.45, 7) is 1.76. The molecule has 0 N–H and O–H groups in total. The van der Waals surface area contributed by atoms with Crippen molar-refractivity contribution in [3.8, 4) is 0 Å². The van der Waals surface area contributed by atoms with E-state index in [4.69, 9.17) is 4.74 Å². The molecule has 2 rings (SSSR count). The summed E-state index contributed by atoms with van der Waals surface area (Å²) in [5, 5.41) is 0. The van der Waals surface area contributed by atoms with E-state index in [1.54, 1.807) is 19.1 Å². The first kappa shape index (κ1) is 12.3. The molecule has 0 saturated heterocycles. The monoisotopic (exact) mass is 244 g/mol. The van der Waals surface area contributed by atoms with Gasteiger partial charge in [-0.1, -0.05) is 42.5 Å². The van der Waals surface area contributed by atoms with Crippen LogP contribution in [0.4, 0.5) is 4.39 Å². The minimum atomic E-state index is -0.639. The van der Waals surface area contributed by atoms with Crippen molar-refractivity contribution >= 4 is 5.97 Å². The Morgan fingerprint density at radius 3 is 2.56 bits per heavy atom. The second-order valence-electron chi connectivity index (χ2n) is 4.00. The highest BCUT2D eigenvalue weighted by Crippen LogP contribution is 2.14. The van der Waals surface area contributed by atoms with E-state index in [0.717, 1.165) is 5.56 Å². The summed E-state index contributed by atoms with van der Waals surface area (Å²) in [5.41, 5.74) is 1.29. The van der Waals surface area contributed by atoms with Gasteiger partial charge in [0.2, 0.25) is 0 Å². The Hall–Kier alpha value is -2.16. The molecule has 18 heavy (non-hydrogen) atoms. The number of carbonyl (C=O) groups excluding carboxylic acids is 1. The van der Waals surface area contributed by atoms with Crippen molar-refractivity contribution in [2.45, 2.75) is 13.5 Å². The summed E-state index contributed by atoms with van der Waals surface area (Å²) >= 11 is 0. The first-order chi connectivity index (χ1) is 8.68. The molecule has 2 aromatic carbocycles. The number of ether oxygens (including phenoxy) is 1. The van der Waals surface area contributed by atoms with Gasteiger partial charge >= 0.3 is 5.97 Å². The zero-order valence-corrected chi connectivity index (χ0v) is 10.0. The van der Waals surface area contributed by atoms with Crippen molar-refractivity contribution in [1.29, 1.82) is 0 Å². The van der Waals surface area contributed by atoms with Crippen molar-refractivity contribution in [3.63, 3.8) is 0 Å². The lowest BCUT2D eigenvalue weighted by Crippen LogP contribution is -2.08. The van der Waals surface area contributed by atoms with E-state index >= 15 is 0 Å². The van der Waals surface area contributed by atoms with E-state index in [9.17, 15) is 9.18 Å². The molecule has 0 heterocycles.